The maximum atomic E-state index is 9.69. The van der Waals surface area contributed by atoms with Gasteiger partial charge < -0.3 is 15.2 Å². The highest BCUT2D eigenvalue weighted by atomic mass is 35.5. The molecule has 0 atom stereocenters. The summed E-state index contributed by atoms with van der Waals surface area (Å²) < 4.78 is 5.37. The van der Waals surface area contributed by atoms with Crippen molar-refractivity contribution in [2.75, 3.05) is 19.0 Å². The maximum absolute atomic E-state index is 9.69. The van der Waals surface area contributed by atoms with Gasteiger partial charge in [-0.25, -0.2) is 0 Å². The molecule has 18 heavy (non-hydrogen) atoms. The van der Waals surface area contributed by atoms with Crippen LogP contribution in [0.4, 0.5) is 5.69 Å². The lowest BCUT2D eigenvalue weighted by Crippen LogP contribution is -2.46. The lowest BCUT2D eigenvalue weighted by molar-refractivity contribution is 0.0411. The molecular formula is C14H20ClNO2. The molecule has 0 bridgehead atoms. The molecule has 100 valence electrons. The van der Waals surface area contributed by atoms with Crippen LogP contribution < -0.4 is 5.32 Å². The van der Waals surface area contributed by atoms with Crippen molar-refractivity contribution in [1.82, 2.24) is 0 Å². The number of hydrogen-bond acceptors (Lipinski definition) is 3. The zero-order valence-corrected chi connectivity index (χ0v) is 11.4. The van der Waals surface area contributed by atoms with Crippen LogP contribution in [-0.2, 0) is 4.74 Å². The van der Waals surface area contributed by atoms with Crippen molar-refractivity contribution in [2.45, 2.75) is 37.3 Å². The highest BCUT2D eigenvalue weighted by Gasteiger charge is 2.34. The third-order valence-electron chi connectivity index (χ3n) is 3.78. The van der Waals surface area contributed by atoms with Crippen LogP contribution in [-0.4, -0.2) is 30.5 Å². The Labute approximate surface area is 113 Å². The second-order valence-corrected chi connectivity index (χ2v) is 5.44. The zero-order chi connectivity index (χ0) is 13.0. The van der Waals surface area contributed by atoms with Gasteiger partial charge in [0.2, 0.25) is 0 Å². The molecule has 1 saturated carbocycles. The van der Waals surface area contributed by atoms with E-state index in [1.165, 1.54) is 0 Å². The number of methoxy groups -OCH3 is 1. The molecule has 0 heterocycles. The van der Waals surface area contributed by atoms with Gasteiger partial charge in [-0.05, 0) is 49.9 Å². The fourth-order valence-corrected chi connectivity index (χ4v) is 2.67. The summed E-state index contributed by atoms with van der Waals surface area (Å²) in [5, 5.41) is 13.9. The fraction of sp³-hybridized carbons (Fsp3) is 0.571. The second-order valence-electron chi connectivity index (χ2n) is 5.01. The van der Waals surface area contributed by atoms with E-state index in [0.29, 0.717) is 6.10 Å². The van der Waals surface area contributed by atoms with E-state index in [-0.39, 0.29) is 12.1 Å². The second kappa shape index (κ2) is 5.91. The van der Waals surface area contributed by atoms with Gasteiger partial charge in [0.15, 0.2) is 0 Å². The number of benzene rings is 1. The van der Waals surface area contributed by atoms with Crippen LogP contribution >= 0.6 is 11.6 Å². The average molecular weight is 270 g/mol. The van der Waals surface area contributed by atoms with E-state index >= 15 is 0 Å². The molecule has 0 unspecified atom stereocenters. The van der Waals surface area contributed by atoms with E-state index in [4.69, 9.17) is 16.3 Å². The molecule has 2 N–H and O–H groups in total. The Morgan fingerprint density at radius 2 is 1.94 bits per heavy atom. The van der Waals surface area contributed by atoms with Crippen LogP contribution in [0.2, 0.25) is 5.02 Å². The minimum absolute atomic E-state index is 0.145. The van der Waals surface area contributed by atoms with Gasteiger partial charge in [-0.15, -0.1) is 0 Å². The van der Waals surface area contributed by atoms with E-state index < -0.39 is 0 Å². The largest absolute Gasteiger partial charge is 0.394 e. The lowest BCUT2D eigenvalue weighted by Gasteiger charge is -2.40. The van der Waals surface area contributed by atoms with Crippen molar-refractivity contribution >= 4 is 17.3 Å². The van der Waals surface area contributed by atoms with Gasteiger partial charge in [0.25, 0.3) is 0 Å². The summed E-state index contributed by atoms with van der Waals surface area (Å²) in [6, 6.07) is 7.61. The number of aliphatic hydroxyl groups excluding tert-OH is 1. The summed E-state index contributed by atoms with van der Waals surface area (Å²) in [7, 11) is 1.75. The van der Waals surface area contributed by atoms with Crippen molar-refractivity contribution < 1.29 is 9.84 Å². The monoisotopic (exact) mass is 269 g/mol. The first-order chi connectivity index (χ1) is 8.67. The third kappa shape index (κ3) is 3.16. The summed E-state index contributed by atoms with van der Waals surface area (Å²) in [5.41, 5.74) is 0.785. The summed E-state index contributed by atoms with van der Waals surface area (Å²) in [4.78, 5) is 0. The van der Waals surface area contributed by atoms with Crippen molar-refractivity contribution in [1.29, 1.82) is 0 Å². The van der Waals surface area contributed by atoms with Crippen molar-refractivity contribution in [2.24, 2.45) is 0 Å². The molecule has 1 aromatic carbocycles. The minimum Gasteiger partial charge on any atom is -0.394 e. The standard InChI is InChI=1S/C14H20ClNO2/c1-18-13-6-8-14(10-17,9-7-13)16-12-4-2-11(15)3-5-12/h2-5,13,16-17H,6-10H2,1H3. The van der Waals surface area contributed by atoms with Gasteiger partial charge in [0.1, 0.15) is 0 Å². The number of rotatable bonds is 4. The molecule has 0 aliphatic heterocycles. The van der Waals surface area contributed by atoms with Gasteiger partial charge in [-0.3, -0.25) is 0 Å². The van der Waals surface area contributed by atoms with E-state index in [2.05, 4.69) is 5.32 Å². The molecule has 0 spiro atoms. The van der Waals surface area contributed by atoms with Crippen LogP contribution in [0.3, 0.4) is 0 Å². The fourth-order valence-electron chi connectivity index (χ4n) is 2.54. The molecule has 0 amide bonds. The van der Waals surface area contributed by atoms with Crippen LogP contribution in [0, 0.1) is 0 Å². The molecule has 1 aliphatic carbocycles. The molecule has 0 saturated heterocycles. The molecule has 4 heteroatoms. The van der Waals surface area contributed by atoms with Crippen LogP contribution in [0.5, 0.6) is 0 Å². The molecule has 1 aliphatic rings. The molecule has 0 radical (unpaired) electrons. The maximum Gasteiger partial charge on any atom is 0.0661 e. The molecule has 1 aromatic rings. The number of ether oxygens (including phenoxy) is 1. The first-order valence-electron chi connectivity index (χ1n) is 6.35. The third-order valence-corrected chi connectivity index (χ3v) is 4.03. The van der Waals surface area contributed by atoms with Crippen LogP contribution in [0.25, 0.3) is 0 Å². The van der Waals surface area contributed by atoms with E-state index in [1.807, 2.05) is 24.3 Å². The summed E-state index contributed by atoms with van der Waals surface area (Å²) in [5.74, 6) is 0. The topological polar surface area (TPSA) is 41.5 Å². The van der Waals surface area contributed by atoms with Gasteiger partial charge in [0.05, 0.1) is 18.2 Å². The number of aliphatic hydroxyl groups is 1. The summed E-state index contributed by atoms with van der Waals surface area (Å²) in [6.45, 7) is 0.145. The smallest absolute Gasteiger partial charge is 0.0661 e. The van der Waals surface area contributed by atoms with Crippen molar-refractivity contribution in [3.63, 3.8) is 0 Å². The Morgan fingerprint density at radius 1 is 1.33 bits per heavy atom. The Balaban J connectivity index is 2.03. The average Bonchev–Trinajstić information content (AvgIpc) is 2.42. The summed E-state index contributed by atoms with van der Waals surface area (Å²) >= 11 is 5.87. The van der Waals surface area contributed by atoms with Gasteiger partial charge in [-0.1, -0.05) is 11.6 Å². The normalized spacial score (nSPS) is 28.1. The Bertz CT molecular complexity index is 372. The van der Waals surface area contributed by atoms with Crippen LogP contribution in [0.1, 0.15) is 25.7 Å². The van der Waals surface area contributed by atoms with Gasteiger partial charge in [-0.2, -0.15) is 0 Å². The Morgan fingerprint density at radius 3 is 2.44 bits per heavy atom. The molecular weight excluding hydrogens is 250 g/mol. The van der Waals surface area contributed by atoms with Crippen molar-refractivity contribution in [3.8, 4) is 0 Å². The highest BCUT2D eigenvalue weighted by molar-refractivity contribution is 6.30. The molecule has 0 aromatic heterocycles. The van der Waals surface area contributed by atoms with Gasteiger partial charge in [0, 0.05) is 17.8 Å². The lowest BCUT2D eigenvalue weighted by atomic mass is 9.80. The Kier molecular flexibility index (Phi) is 4.49. The first-order valence-corrected chi connectivity index (χ1v) is 6.73. The molecule has 2 rings (SSSR count). The van der Waals surface area contributed by atoms with E-state index in [0.717, 1.165) is 36.4 Å². The number of nitrogens with one attached hydrogen (secondary N) is 1. The van der Waals surface area contributed by atoms with Crippen molar-refractivity contribution in [3.05, 3.63) is 29.3 Å². The first kappa shape index (κ1) is 13.7. The summed E-state index contributed by atoms with van der Waals surface area (Å²) in [6.07, 6.45) is 4.14. The number of halogens is 1. The minimum atomic E-state index is -0.219. The van der Waals surface area contributed by atoms with E-state index in [9.17, 15) is 5.11 Å². The molecule has 1 fully saturated rings. The predicted octanol–water partition coefficient (Wildman–Crippen LogP) is 3.07. The number of hydrogen-bond donors (Lipinski definition) is 2. The molecule has 3 nitrogen and oxygen atoms in total. The van der Waals surface area contributed by atoms with Gasteiger partial charge >= 0.3 is 0 Å². The zero-order valence-electron chi connectivity index (χ0n) is 10.7. The SMILES string of the molecule is COC1CCC(CO)(Nc2ccc(Cl)cc2)CC1. The Hall–Kier alpha value is -0.770. The quantitative estimate of drug-likeness (QED) is 0.883. The highest BCUT2D eigenvalue weighted by Crippen LogP contribution is 2.32. The predicted molar refractivity (Wildman–Crippen MR) is 74.2 cm³/mol. The van der Waals surface area contributed by atoms with E-state index in [1.54, 1.807) is 7.11 Å². The van der Waals surface area contributed by atoms with Crippen LogP contribution in [0.15, 0.2) is 24.3 Å². The number of anilines is 1.